The van der Waals surface area contributed by atoms with E-state index in [1.54, 1.807) is 0 Å². The van der Waals surface area contributed by atoms with E-state index >= 15 is 0 Å². The lowest BCUT2D eigenvalue weighted by molar-refractivity contribution is 1.04. The molecule has 1 rings (SSSR count). The quantitative estimate of drug-likeness (QED) is 0.689. The van der Waals surface area contributed by atoms with Gasteiger partial charge in [0.2, 0.25) is 0 Å². The summed E-state index contributed by atoms with van der Waals surface area (Å²) < 4.78 is 0. The van der Waals surface area contributed by atoms with E-state index in [1.807, 2.05) is 31.2 Å². The number of anilines is 1. The van der Waals surface area contributed by atoms with Crippen LogP contribution >= 0.6 is 11.6 Å². The number of rotatable bonds is 2. The van der Waals surface area contributed by atoms with Gasteiger partial charge in [0.05, 0.1) is 6.04 Å². The molecule has 1 N–H and O–H groups in total. The molecule has 0 aliphatic carbocycles. The van der Waals surface area contributed by atoms with Crippen molar-refractivity contribution in [3.05, 3.63) is 29.3 Å². The molecule has 2 heteroatoms. The van der Waals surface area contributed by atoms with Crippen LogP contribution in [-0.4, -0.2) is 6.04 Å². The topological polar surface area (TPSA) is 12.0 Å². The van der Waals surface area contributed by atoms with Crippen LogP contribution in [0.15, 0.2) is 24.3 Å². The molecule has 0 bridgehead atoms. The van der Waals surface area contributed by atoms with Gasteiger partial charge in [0, 0.05) is 10.7 Å². The van der Waals surface area contributed by atoms with Crippen molar-refractivity contribution in [1.82, 2.24) is 0 Å². The molecular formula is C10H10ClN. The van der Waals surface area contributed by atoms with E-state index < -0.39 is 0 Å². The Balaban J connectivity index is 2.71. The molecule has 62 valence electrons. The van der Waals surface area contributed by atoms with Crippen LogP contribution in [0.25, 0.3) is 0 Å². The number of nitrogens with one attached hydrogen (secondary N) is 1. The minimum Gasteiger partial charge on any atom is -0.372 e. The Kier molecular flexibility index (Phi) is 3.01. The molecule has 0 aromatic heterocycles. The van der Waals surface area contributed by atoms with Gasteiger partial charge in [-0.15, -0.1) is 6.42 Å². The van der Waals surface area contributed by atoms with Crippen molar-refractivity contribution in [2.45, 2.75) is 13.0 Å². The van der Waals surface area contributed by atoms with Gasteiger partial charge in [0.25, 0.3) is 0 Å². The van der Waals surface area contributed by atoms with E-state index in [4.69, 9.17) is 18.0 Å². The highest BCUT2D eigenvalue weighted by Crippen LogP contribution is 2.15. The van der Waals surface area contributed by atoms with Crippen LogP contribution in [0.5, 0.6) is 0 Å². The maximum absolute atomic E-state index is 5.78. The van der Waals surface area contributed by atoms with Crippen LogP contribution in [0.1, 0.15) is 6.92 Å². The molecule has 0 saturated carbocycles. The molecule has 0 heterocycles. The number of benzene rings is 1. The zero-order valence-corrected chi connectivity index (χ0v) is 7.60. The molecule has 0 radical (unpaired) electrons. The smallest absolute Gasteiger partial charge is 0.0845 e. The van der Waals surface area contributed by atoms with Gasteiger partial charge in [0.1, 0.15) is 0 Å². The van der Waals surface area contributed by atoms with Crippen LogP contribution in [0.2, 0.25) is 5.02 Å². The average Bonchev–Trinajstić information content (AvgIpc) is 2.04. The van der Waals surface area contributed by atoms with Crippen molar-refractivity contribution >= 4 is 17.3 Å². The fourth-order valence-corrected chi connectivity index (χ4v) is 1.06. The van der Waals surface area contributed by atoms with Gasteiger partial charge >= 0.3 is 0 Å². The van der Waals surface area contributed by atoms with Gasteiger partial charge < -0.3 is 5.32 Å². The summed E-state index contributed by atoms with van der Waals surface area (Å²) in [5.74, 6) is 2.58. The molecule has 0 saturated heterocycles. The lowest BCUT2D eigenvalue weighted by Crippen LogP contribution is -2.11. The fourth-order valence-electron chi connectivity index (χ4n) is 0.870. The average molecular weight is 180 g/mol. The molecule has 1 aromatic carbocycles. The molecular weight excluding hydrogens is 170 g/mol. The van der Waals surface area contributed by atoms with Gasteiger partial charge in [-0.1, -0.05) is 23.6 Å². The molecule has 0 amide bonds. The van der Waals surface area contributed by atoms with E-state index in [9.17, 15) is 0 Å². The second-order valence-corrected chi connectivity index (χ2v) is 2.98. The Morgan fingerprint density at radius 1 is 1.58 bits per heavy atom. The van der Waals surface area contributed by atoms with Gasteiger partial charge in [-0.05, 0) is 25.1 Å². The summed E-state index contributed by atoms with van der Waals surface area (Å²) >= 11 is 5.78. The highest BCUT2D eigenvalue weighted by atomic mass is 35.5. The van der Waals surface area contributed by atoms with E-state index in [-0.39, 0.29) is 6.04 Å². The van der Waals surface area contributed by atoms with Crippen molar-refractivity contribution < 1.29 is 0 Å². The molecule has 0 spiro atoms. The third-order valence-corrected chi connectivity index (χ3v) is 1.69. The van der Waals surface area contributed by atoms with Crippen molar-refractivity contribution in [2.24, 2.45) is 0 Å². The molecule has 1 unspecified atom stereocenters. The summed E-state index contributed by atoms with van der Waals surface area (Å²) in [5.41, 5.74) is 0.952. The predicted octanol–water partition coefficient (Wildman–Crippen LogP) is 2.77. The minimum atomic E-state index is 0.0310. The van der Waals surface area contributed by atoms with Crippen LogP contribution < -0.4 is 5.32 Å². The van der Waals surface area contributed by atoms with Crippen LogP contribution in [0, 0.1) is 12.3 Å². The van der Waals surface area contributed by atoms with Crippen LogP contribution in [0.4, 0.5) is 5.69 Å². The van der Waals surface area contributed by atoms with E-state index in [2.05, 4.69) is 11.2 Å². The second-order valence-electron chi connectivity index (χ2n) is 2.54. The SMILES string of the molecule is C#CC(C)Nc1cccc(Cl)c1. The van der Waals surface area contributed by atoms with Gasteiger partial charge in [-0.3, -0.25) is 0 Å². The Hall–Kier alpha value is -1.13. The highest BCUT2D eigenvalue weighted by Gasteiger charge is 1.96. The minimum absolute atomic E-state index is 0.0310. The number of hydrogen-bond donors (Lipinski definition) is 1. The first-order valence-electron chi connectivity index (χ1n) is 3.70. The molecule has 0 fully saturated rings. The van der Waals surface area contributed by atoms with Gasteiger partial charge in [-0.2, -0.15) is 0 Å². The van der Waals surface area contributed by atoms with Crippen molar-refractivity contribution in [1.29, 1.82) is 0 Å². The van der Waals surface area contributed by atoms with E-state index in [0.29, 0.717) is 5.02 Å². The summed E-state index contributed by atoms with van der Waals surface area (Å²) in [7, 11) is 0. The zero-order valence-electron chi connectivity index (χ0n) is 6.84. The van der Waals surface area contributed by atoms with Crippen LogP contribution in [-0.2, 0) is 0 Å². The monoisotopic (exact) mass is 179 g/mol. The molecule has 12 heavy (non-hydrogen) atoms. The summed E-state index contributed by atoms with van der Waals surface area (Å²) in [6.07, 6.45) is 5.21. The number of halogens is 1. The lowest BCUT2D eigenvalue weighted by Gasteiger charge is -2.08. The standard InChI is InChI=1S/C10H10ClN/c1-3-8(2)12-10-6-4-5-9(11)7-10/h1,4-8,12H,2H3. The Bertz CT molecular complexity index is 301. The first-order valence-corrected chi connectivity index (χ1v) is 4.08. The largest absolute Gasteiger partial charge is 0.372 e. The highest BCUT2D eigenvalue weighted by molar-refractivity contribution is 6.30. The van der Waals surface area contributed by atoms with Gasteiger partial charge in [-0.25, -0.2) is 0 Å². The first kappa shape index (κ1) is 8.96. The number of terminal acetylenes is 1. The lowest BCUT2D eigenvalue weighted by atomic mass is 10.3. The maximum atomic E-state index is 5.78. The Labute approximate surface area is 77.7 Å². The predicted molar refractivity (Wildman–Crippen MR) is 53.4 cm³/mol. The summed E-state index contributed by atoms with van der Waals surface area (Å²) in [5, 5.41) is 3.82. The Morgan fingerprint density at radius 2 is 2.33 bits per heavy atom. The third-order valence-electron chi connectivity index (χ3n) is 1.46. The molecule has 1 aromatic rings. The van der Waals surface area contributed by atoms with Crippen LogP contribution in [0.3, 0.4) is 0 Å². The zero-order chi connectivity index (χ0) is 8.97. The van der Waals surface area contributed by atoms with E-state index in [1.165, 1.54) is 0 Å². The normalized spacial score (nSPS) is 11.8. The van der Waals surface area contributed by atoms with E-state index in [0.717, 1.165) is 5.69 Å². The summed E-state index contributed by atoms with van der Waals surface area (Å²) in [6.45, 7) is 1.92. The summed E-state index contributed by atoms with van der Waals surface area (Å²) in [4.78, 5) is 0. The van der Waals surface area contributed by atoms with Crippen molar-refractivity contribution in [3.8, 4) is 12.3 Å². The molecule has 1 atom stereocenters. The fraction of sp³-hybridized carbons (Fsp3) is 0.200. The first-order chi connectivity index (χ1) is 5.72. The molecule has 1 nitrogen and oxygen atoms in total. The molecule has 0 aliphatic heterocycles. The van der Waals surface area contributed by atoms with Gasteiger partial charge in [0.15, 0.2) is 0 Å². The summed E-state index contributed by atoms with van der Waals surface area (Å²) in [6, 6.07) is 7.51. The van der Waals surface area contributed by atoms with Crippen molar-refractivity contribution in [2.75, 3.05) is 5.32 Å². The third kappa shape index (κ3) is 2.48. The van der Waals surface area contributed by atoms with Crippen molar-refractivity contribution in [3.63, 3.8) is 0 Å². The second kappa shape index (κ2) is 4.04. The Morgan fingerprint density at radius 3 is 2.92 bits per heavy atom. The molecule has 0 aliphatic rings. The number of hydrogen-bond acceptors (Lipinski definition) is 1. The maximum Gasteiger partial charge on any atom is 0.0845 e.